The molecule has 0 aliphatic carbocycles. The van der Waals surface area contributed by atoms with Gasteiger partial charge in [0.2, 0.25) is 0 Å². The molecule has 1 N–H and O–H groups in total. The Kier molecular flexibility index (Phi) is 6.85. The predicted molar refractivity (Wildman–Crippen MR) is 127 cm³/mol. The van der Waals surface area contributed by atoms with Crippen molar-refractivity contribution in [2.45, 2.75) is 19.8 Å². The van der Waals surface area contributed by atoms with Gasteiger partial charge in [-0.1, -0.05) is 55.5 Å². The van der Waals surface area contributed by atoms with Crippen molar-refractivity contribution in [2.75, 3.05) is 25.0 Å². The lowest BCUT2D eigenvalue weighted by Gasteiger charge is -2.30. The van der Waals surface area contributed by atoms with Gasteiger partial charge in [0.15, 0.2) is 6.61 Å². The smallest absolute Gasteiger partial charge is 0.262 e. The van der Waals surface area contributed by atoms with Gasteiger partial charge in [0.25, 0.3) is 11.8 Å². The third-order valence-electron chi connectivity index (χ3n) is 5.80. The van der Waals surface area contributed by atoms with Crippen LogP contribution in [0.1, 0.15) is 30.1 Å². The Bertz CT molecular complexity index is 1060. The fourth-order valence-electron chi connectivity index (χ4n) is 3.84. The number of anilines is 1. The van der Waals surface area contributed by atoms with Crippen LogP contribution in [0.3, 0.4) is 0 Å². The van der Waals surface area contributed by atoms with Gasteiger partial charge in [-0.15, -0.1) is 0 Å². The average Bonchev–Trinajstić information content (AvgIpc) is 2.84. The highest BCUT2D eigenvalue weighted by atomic mass is 16.5. The van der Waals surface area contributed by atoms with Crippen LogP contribution in [0.4, 0.5) is 5.69 Å². The van der Waals surface area contributed by atoms with Crippen LogP contribution >= 0.6 is 0 Å². The lowest BCUT2D eigenvalue weighted by Crippen LogP contribution is -2.37. The van der Waals surface area contributed by atoms with E-state index in [1.165, 1.54) is 0 Å². The highest BCUT2D eigenvalue weighted by Crippen LogP contribution is 2.22. The van der Waals surface area contributed by atoms with Crippen molar-refractivity contribution in [3.05, 3.63) is 84.4 Å². The second-order valence-corrected chi connectivity index (χ2v) is 8.28. The molecule has 0 aromatic heterocycles. The maximum absolute atomic E-state index is 12.8. The van der Waals surface area contributed by atoms with E-state index < -0.39 is 0 Å². The summed E-state index contributed by atoms with van der Waals surface area (Å²) in [6.07, 6.45) is 2.07. The van der Waals surface area contributed by atoms with Gasteiger partial charge in [-0.3, -0.25) is 9.59 Å². The van der Waals surface area contributed by atoms with Crippen LogP contribution in [-0.4, -0.2) is 36.4 Å². The molecule has 3 aromatic rings. The maximum Gasteiger partial charge on any atom is 0.262 e. The third-order valence-corrected chi connectivity index (χ3v) is 5.80. The van der Waals surface area contributed by atoms with Gasteiger partial charge in [-0.05, 0) is 60.2 Å². The van der Waals surface area contributed by atoms with E-state index >= 15 is 0 Å². The van der Waals surface area contributed by atoms with Crippen molar-refractivity contribution in [3.8, 4) is 16.9 Å². The number of piperidine rings is 1. The third kappa shape index (κ3) is 5.55. The maximum atomic E-state index is 12.8. The van der Waals surface area contributed by atoms with E-state index in [0.29, 0.717) is 22.9 Å². The van der Waals surface area contributed by atoms with Crippen molar-refractivity contribution in [1.29, 1.82) is 0 Å². The first kappa shape index (κ1) is 21.6. The molecule has 0 bridgehead atoms. The van der Waals surface area contributed by atoms with Crippen LogP contribution in [0.15, 0.2) is 78.9 Å². The number of hydrogen-bond donors (Lipinski definition) is 1. The summed E-state index contributed by atoms with van der Waals surface area (Å²) in [6, 6.07) is 24.8. The number of amides is 2. The quantitative estimate of drug-likeness (QED) is 0.584. The molecule has 5 nitrogen and oxygen atoms in total. The van der Waals surface area contributed by atoms with Crippen LogP contribution in [0.5, 0.6) is 5.75 Å². The lowest BCUT2D eigenvalue weighted by molar-refractivity contribution is -0.118. The molecule has 1 aliphatic heterocycles. The van der Waals surface area contributed by atoms with Crippen molar-refractivity contribution in [1.82, 2.24) is 4.90 Å². The van der Waals surface area contributed by atoms with E-state index in [0.717, 1.165) is 37.1 Å². The Labute approximate surface area is 189 Å². The number of benzene rings is 3. The summed E-state index contributed by atoms with van der Waals surface area (Å²) in [7, 11) is 0. The first-order chi connectivity index (χ1) is 15.6. The minimum atomic E-state index is -0.270. The summed E-state index contributed by atoms with van der Waals surface area (Å²) in [4.78, 5) is 27.0. The number of ether oxygens (including phenoxy) is 1. The Morgan fingerprint density at radius 1 is 0.906 bits per heavy atom. The Balaban J connectivity index is 1.30. The zero-order valence-electron chi connectivity index (χ0n) is 18.3. The van der Waals surface area contributed by atoms with Crippen molar-refractivity contribution < 1.29 is 14.3 Å². The molecule has 1 aliphatic rings. The fraction of sp³-hybridized carbons (Fsp3) is 0.259. The molecule has 4 rings (SSSR count). The molecule has 1 heterocycles. The molecular weight excluding hydrogens is 400 g/mol. The topological polar surface area (TPSA) is 58.6 Å². The summed E-state index contributed by atoms with van der Waals surface area (Å²) < 4.78 is 5.63. The van der Waals surface area contributed by atoms with E-state index in [1.807, 2.05) is 59.5 Å². The summed E-state index contributed by atoms with van der Waals surface area (Å²) in [5.41, 5.74) is 3.40. The van der Waals surface area contributed by atoms with Gasteiger partial charge in [0, 0.05) is 24.3 Å². The average molecular weight is 429 g/mol. The molecule has 0 atom stereocenters. The largest absolute Gasteiger partial charge is 0.484 e. The van der Waals surface area contributed by atoms with Gasteiger partial charge >= 0.3 is 0 Å². The fourth-order valence-corrected chi connectivity index (χ4v) is 3.84. The van der Waals surface area contributed by atoms with Crippen LogP contribution in [0, 0.1) is 5.92 Å². The minimum Gasteiger partial charge on any atom is -0.484 e. The van der Waals surface area contributed by atoms with Crippen molar-refractivity contribution in [3.63, 3.8) is 0 Å². The standard InChI is InChI=1S/C27H28N2O3/c1-20-14-16-29(17-15-20)27(31)23-8-5-9-24(18-23)28-26(30)19-32-25-12-10-22(11-13-25)21-6-3-2-4-7-21/h2-13,18,20H,14-17,19H2,1H3,(H,28,30). The van der Waals surface area contributed by atoms with Gasteiger partial charge in [-0.2, -0.15) is 0 Å². The molecule has 164 valence electrons. The summed E-state index contributed by atoms with van der Waals surface area (Å²) in [5.74, 6) is 1.04. The molecule has 3 aromatic carbocycles. The summed E-state index contributed by atoms with van der Waals surface area (Å²) in [5, 5.41) is 2.82. The molecule has 2 amide bonds. The van der Waals surface area contributed by atoms with E-state index in [1.54, 1.807) is 24.3 Å². The number of nitrogens with zero attached hydrogens (tertiary/aromatic N) is 1. The monoisotopic (exact) mass is 428 g/mol. The first-order valence-corrected chi connectivity index (χ1v) is 11.1. The van der Waals surface area contributed by atoms with Gasteiger partial charge in [-0.25, -0.2) is 0 Å². The molecule has 32 heavy (non-hydrogen) atoms. The molecule has 0 spiro atoms. The van der Waals surface area contributed by atoms with Crippen molar-refractivity contribution in [2.24, 2.45) is 5.92 Å². The number of hydrogen-bond acceptors (Lipinski definition) is 3. The zero-order chi connectivity index (χ0) is 22.3. The Morgan fingerprint density at radius 3 is 2.31 bits per heavy atom. The Hall–Kier alpha value is -3.60. The second-order valence-electron chi connectivity index (χ2n) is 8.28. The predicted octanol–water partition coefficient (Wildman–Crippen LogP) is 5.24. The molecule has 0 saturated carbocycles. The molecule has 0 unspecified atom stereocenters. The van der Waals surface area contributed by atoms with Crippen LogP contribution in [0.2, 0.25) is 0 Å². The first-order valence-electron chi connectivity index (χ1n) is 11.1. The van der Waals surface area contributed by atoms with E-state index in [4.69, 9.17) is 4.74 Å². The normalized spacial score (nSPS) is 14.1. The zero-order valence-corrected chi connectivity index (χ0v) is 18.3. The van der Waals surface area contributed by atoms with Gasteiger partial charge in [0.1, 0.15) is 5.75 Å². The van der Waals surface area contributed by atoms with Crippen LogP contribution in [0.25, 0.3) is 11.1 Å². The molecule has 5 heteroatoms. The summed E-state index contributed by atoms with van der Waals surface area (Å²) in [6.45, 7) is 3.69. The Morgan fingerprint density at radius 2 is 1.59 bits per heavy atom. The lowest BCUT2D eigenvalue weighted by atomic mass is 9.98. The van der Waals surface area contributed by atoms with Crippen LogP contribution in [-0.2, 0) is 4.79 Å². The van der Waals surface area contributed by atoms with E-state index in [-0.39, 0.29) is 18.4 Å². The molecule has 1 fully saturated rings. The molecule has 0 radical (unpaired) electrons. The number of carbonyl (C=O) groups excluding carboxylic acids is 2. The number of nitrogens with one attached hydrogen (secondary N) is 1. The van der Waals surface area contributed by atoms with E-state index in [9.17, 15) is 9.59 Å². The summed E-state index contributed by atoms with van der Waals surface area (Å²) >= 11 is 0. The molecule has 1 saturated heterocycles. The highest BCUT2D eigenvalue weighted by molar-refractivity contribution is 5.97. The van der Waals surface area contributed by atoms with Gasteiger partial charge < -0.3 is 15.0 Å². The SMILES string of the molecule is CC1CCN(C(=O)c2cccc(NC(=O)COc3ccc(-c4ccccc4)cc3)c2)CC1. The number of likely N-dealkylation sites (tertiary alicyclic amines) is 1. The number of carbonyl (C=O) groups is 2. The van der Waals surface area contributed by atoms with Crippen LogP contribution < -0.4 is 10.1 Å². The number of rotatable bonds is 6. The highest BCUT2D eigenvalue weighted by Gasteiger charge is 2.21. The molecular formula is C27H28N2O3. The van der Waals surface area contributed by atoms with Gasteiger partial charge in [0.05, 0.1) is 0 Å². The van der Waals surface area contributed by atoms with Crippen molar-refractivity contribution >= 4 is 17.5 Å². The second kappa shape index (κ2) is 10.1. The minimum absolute atomic E-state index is 0.0164. The van der Waals surface area contributed by atoms with E-state index in [2.05, 4.69) is 12.2 Å².